The molecule has 34 heavy (non-hydrogen) atoms. The highest BCUT2D eigenvalue weighted by molar-refractivity contribution is 5.96. The van der Waals surface area contributed by atoms with Crippen molar-refractivity contribution in [2.45, 2.75) is 62.9 Å². The molecule has 0 N–H and O–H groups in total. The number of rotatable bonds is 5. The summed E-state index contributed by atoms with van der Waals surface area (Å²) in [5.41, 5.74) is 3.38. The van der Waals surface area contributed by atoms with Gasteiger partial charge in [-0.3, -0.25) is 9.80 Å². The minimum atomic E-state index is -0.151. The molecule has 2 heterocycles. The first kappa shape index (κ1) is 22.9. The lowest BCUT2D eigenvalue weighted by atomic mass is 9.68. The molecular formula is C28H35N5O. The number of aryl methyl sites for hydroxylation is 1. The fourth-order valence-electron chi connectivity index (χ4n) is 6.38. The van der Waals surface area contributed by atoms with Gasteiger partial charge in [0.25, 0.3) is 0 Å². The van der Waals surface area contributed by atoms with Crippen LogP contribution >= 0.6 is 0 Å². The maximum absolute atomic E-state index is 13.9. The summed E-state index contributed by atoms with van der Waals surface area (Å²) in [6, 6.07) is 14.9. The molecule has 2 amide bonds. The number of pyridine rings is 1. The second-order valence-corrected chi connectivity index (χ2v) is 10.8. The lowest BCUT2D eigenvalue weighted by Gasteiger charge is -2.51. The number of anilines is 1. The van der Waals surface area contributed by atoms with E-state index in [9.17, 15) is 10.1 Å². The van der Waals surface area contributed by atoms with E-state index < -0.39 is 0 Å². The van der Waals surface area contributed by atoms with E-state index in [1.54, 1.807) is 12.3 Å². The maximum Gasteiger partial charge on any atom is 0.325 e. The third kappa shape index (κ3) is 3.67. The molecule has 6 nitrogen and oxygen atoms in total. The molecule has 0 atom stereocenters. The molecule has 2 aliphatic carbocycles. The molecular weight excluding hydrogens is 422 g/mol. The number of urea groups is 1. The average Bonchev–Trinajstić information content (AvgIpc) is 3.08. The quantitative estimate of drug-likeness (QED) is 0.629. The highest BCUT2D eigenvalue weighted by Gasteiger charge is 2.55. The van der Waals surface area contributed by atoms with Gasteiger partial charge < -0.3 is 4.90 Å². The molecule has 0 bridgehead atoms. The maximum atomic E-state index is 13.9. The Morgan fingerprint density at radius 2 is 1.85 bits per heavy atom. The van der Waals surface area contributed by atoms with Crippen LogP contribution in [-0.4, -0.2) is 53.5 Å². The molecule has 6 heteroatoms. The summed E-state index contributed by atoms with van der Waals surface area (Å²) in [5, 5.41) is 9.23. The first-order valence-corrected chi connectivity index (χ1v) is 12.6. The zero-order valence-electron chi connectivity index (χ0n) is 20.6. The van der Waals surface area contributed by atoms with Crippen LogP contribution in [0.15, 0.2) is 42.6 Å². The van der Waals surface area contributed by atoms with Gasteiger partial charge in [0.1, 0.15) is 11.8 Å². The van der Waals surface area contributed by atoms with Crippen molar-refractivity contribution >= 4 is 11.7 Å². The lowest BCUT2D eigenvalue weighted by Crippen LogP contribution is -2.56. The largest absolute Gasteiger partial charge is 0.325 e. The van der Waals surface area contributed by atoms with Crippen molar-refractivity contribution in [1.82, 2.24) is 14.8 Å². The van der Waals surface area contributed by atoms with Crippen LogP contribution in [0.2, 0.25) is 0 Å². The van der Waals surface area contributed by atoms with Crippen molar-refractivity contribution in [3.63, 3.8) is 0 Å². The Balaban J connectivity index is 1.47. The second kappa shape index (κ2) is 8.70. The monoisotopic (exact) mass is 457 g/mol. The van der Waals surface area contributed by atoms with Gasteiger partial charge in [0.2, 0.25) is 0 Å². The molecule has 3 fully saturated rings. The topological polar surface area (TPSA) is 63.5 Å². The molecule has 2 aromatic rings. The summed E-state index contributed by atoms with van der Waals surface area (Å²) < 4.78 is 0. The molecule has 0 radical (unpaired) electrons. The summed E-state index contributed by atoms with van der Waals surface area (Å²) >= 11 is 0. The highest BCUT2D eigenvalue weighted by Crippen LogP contribution is 2.50. The van der Waals surface area contributed by atoms with Crippen molar-refractivity contribution in [1.29, 1.82) is 5.26 Å². The van der Waals surface area contributed by atoms with Crippen molar-refractivity contribution < 1.29 is 4.79 Å². The van der Waals surface area contributed by atoms with Crippen LogP contribution in [0.4, 0.5) is 10.5 Å². The molecule has 2 saturated carbocycles. The van der Waals surface area contributed by atoms with Crippen molar-refractivity contribution in [2.75, 3.05) is 32.1 Å². The van der Waals surface area contributed by atoms with Crippen molar-refractivity contribution in [3.8, 4) is 6.07 Å². The first-order chi connectivity index (χ1) is 16.4. The van der Waals surface area contributed by atoms with Crippen LogP contribution in [0, 0.1) is 24.2 Å². The van der Waals surface area contributed by atoms with Gasteiger partial charge in [0, 0.05) is 12.1 Å². The van der Waals surface area contributed by atoms with E-state index in [0.717, 1.165) is 43.5 Å². The van der Waals surface area contributed by atoms with Crippen LogP contribution in [0.3, 0.4) is 0 Å². The molecule has 1 saturated heterocycles. The molecule has 3 aliphatic rings. The number of amides is 2. The van der Waals surface area contributed by atoms with Gasteiger partial charge in [-0.1, -0.05) is 36.8 Å². The molecule has 1 aliphatic heterocycles. The Morgan fingerprint density at radius 1 is 1.15 bits per heavy atom. The zero-order valence-corrected chi connectivity index (χ0v) is 20.6. The summed E-state index contributed by atoms with van der Waals surface area (Å²) in [4.78, 5) is 24.7. The Bertz CT molecular complexity index is 1090. The van der Waals surface area contributed by atoms with Gasteiger partial charge in [0.05, 0.1) is 24.0 Å². The Hall–Kier alpha value is -2.91. The molecule has 1 aromatic carbocycles. The van der Waals surface area contributed by atoms with Gasteiger partial charge in [-0.2, -0.15) is 5.26 Å². The summed E-state index contributed by atoms with van der Waals surface area (Å²) in [6.45, 7) is 3.53. The second-order valence-electron chi connectivity index (χ2n) is 10.8. The SMILES string of the molecule is Cc1cc(C#N)ncc1N1C[C@]2(CC[C@](c3ccccc3)(N(C)C)CC2)N(CC2CCC2)C1=O. The van der Waals surface area contributed by atoms with Gasteiger partial charge in [-0.15, -0.1) is 0 Å². The molecule has 5 rings (SSSR count). The smallest absolute Gasteiger partial charge is 0.317 e. The fourth-order valence-corrected chi connectivity index (χ4v) is 6.38. The van der Waals surface area contributed by atoms with E-state index in [1.165, 1.54) is 24.8 Å². The Kier molecular flexibility index (Phi) is 5.85. The van der Waals surface area contributed by atoms with Gasteiger partial charge in [0.15, 0.2) is 0 Å². The summed E-state index contributed by atoms with van der Waals surface area (Å²) in [6.07, 6.45) is 9.46. The van der Waals surface area contributed by atoms with Crippen LogP contribution in [0.1, 0.15) is 61.8 Å². The van der Waals surface area contributed by atoms with E-state index in [1.807, 2.05) is 11.8 Å². The Morgan fingerprint density at radius 3 is 2.41 bits per heavy atom. The number of benzene rings is 1. The van der Waals surface area contributed by atoms with E-state index in [0.29, 0.717) is 18.2 Å². The van der Waals surface area contributed by atoms with Gasteiger partial charge >= 0.3 is 6.03 Å². The average molecular weight is 458 g/mol. The molecule has 1 aromatic heterocycles. The van der Waals surface area contributed by atoms with E-state index in [4.69, 9.17) is 0 Å². The zero-order chi connectivity index (χ0) is 23.9. The standard InChI is InChI=1S/C28H35N5O/c1-21-16-24(17-29)30-18-25(21)32-20-27(33(26(32)34)19-22-8-7-9-22)12-14-28(15-13-27,31(2)3)23-10-5-4-6-11-23/h4-6,10-11,16,18,22H,7-9,12-15,19-20H2,1-3H3/t27-,28+. The number of hydrogen-bond acceptors (Lipinski definition) is 4. The minimum absolute atomic E-state index is 0.00294. The fraction of sp³-hybridized carbons (Fsp3) is 0.536. The predicted molar refractivity (Wildman–Crippen MR) is 133 cm³/mol. The Labute approximate surface area is 203 Å². The number of carbonyl (C=O) groups excluding carboxylic acids is 1. The van der Waals surface area contributed by atoms with E-state index in [2.05, 4.69) is 65.3 Å². The van der Waals surface area contributed by atoms with Gasteiger partial charge in [-0.25, -0.2) is 9.78 Å². The molecule has 1 spiro atoms. The predicted octanol–water partition coefficient (Wildman–Crippen LogP) is 5.07. The lowest BCUT2D eigenvalue weighted by molar-refractivity contribution is 0.0172. The highest BCUT2D eigenvalue weighted by atomic mass is 16.2. The number of hydrogen-bond donors (Lipinski definition) is 0. The minimum Gasteiger partial charge on any atom is -0.317 e. The third-order valence-electron chi connectivity index (χ3n) is 8.82. The molecule has 0 unspecified atom stereocenters. The van der Waals surface area contributed by atoms with Crippen molar-refractivity contribution in [2.24, 2.45) is 5.92 Å². The van der Waals surface area contributed by atoms with E-state index >= 15 is 0 Å². The molecule has 178 valence electrons. The van der Waals surface area contributed by atoms with Crippen LogP contribution < -0.4 is 4.90 Å². The number of carbonyl (C=O) groups is 1. The van der Waals surface area contributed by atoms with Crippen LogP contribution in [0.25, 0.3) is 0 Å². The number of aromatic nitrogens is 1. The van der Waals surface area contributed by atoms with Crippen LogP contribution in [-0.2, 0) is 5.54 Å². The summed E-state index contributed by atoms with van der Waals surface area (Å²) in [5.74, 6) is 0.621. The first-order valence-electron chi connectivity index (χ1n) is 12.6. The third-order valence-corrected chi connectivity index (χ3v) is 8.82. The number of nitriles is 1. The van der Waals surface area contributed by atoms with E-state index in [-0.39, 0.29) is 17.1 Å². The normalized spacial score (nSPS) is 27.3. The number of nitrogens with zero attached hydrogens (tertiary/aromatic N) is 5. The van der Waals surface area contributed by atoms with Crippen LogP contribution in [0.5, 0.6) is 0 Å². The summed E-state index contributed by atoms with van der Waals surface area (Å²) in [7, 11) is 4.38. The van der Waals surface area contributed by atoms with Crippen molar-refractivity contribution in [3.05, 3.63) is 59.4 Å². The van der Waals surface area contributed by atoms with Gasteiger partial charge in [-0.05, 0) is 82.7 Å².